The third-order valence-corrected chi connectivity index (χ3v) is 7.40. The lowest BCUT2D eigenvalue weighted by Crippen LogP contribution is -2.38. The number of aromatic nitrogens is 3. The van der Waals surface area contributed by atoms with E-state index in [4.69, 9.17) is 4.74 Å². The van der Waals surface area contributed by atoms with Crippen LogP contribution in [-0.2, 0) is 13.0 Å². The first-order valence-electron chi connectivity index (χ1n) is 11.3. The Morgan fingerprint density at radius 3 is 2.76 bits per heavy atom. The summed E-state index contributed by atoms with van der Waals surface area (Å²) in [5, 5.41) is 4.53. The smallest absolute Gasteiger partial charge is 0.328 e. The molecule has 3 N–H and O–H groups in total. The molecule has 3 atom stereocenters. The maximum absolute atomic E-state index is 13.2. The standard InChI is InChI=1S/C25H26N4O3.ClH/c1-32-20-8-4-6-16-15(20)10-9-14-13-26-19(21(14)16)11-12-29-24(30)23-22(28-25(29)31)17-5-2-3-7-18(17)27-23;/h2-8,14,19,21,26-27H,9-13H2,1H3,(H,28,31);1H. The Morgan fingerprint density at radius 2 is 1.91 bits per heavy atom. The van der Waals surface area contributed by atoms with Gasteiger partial charge >= 0.3 is 5.69 Å². The summed E-state index contributed by atoms with van der Waals surface area (Å²) in [6.45, 7) is 1.35. The summed E-state index contributed by atoms with van der Waals surface area (Å²) in [4.78, 5) is 32.1. The van der Waals surface area contributed by atoms with Crippen LogP contribution in [0.3, 0.4) is 0 Å². The normalized spacial score (nSPS) is 21.5. The van der Waals surface area contributed by atoms with E-state index in [-0.39, 0.29) is 29.7 Å². The Labute approximate surface area is 196 Å². The molecule has 3 heterocycles. The molecule has 1 fully saturated rings. The quantitative estimate of drug-likeness (QED) is 0.430. The zero-order chi connectivity index (χ0) is 21.8. The van der Waals surface area contributed by atoms with Crippen LogP contribution in [0.15, 0.2) is 52.1 Å². The van der Waals surface area contributed by atoms with Gasteiger partial charge in [0.2, 0.25) is 0 Å². The van der Waals surface area contributed by atoms with E-state index in [2.05, 4.69) is 27.4 Å². The number of hydrogen-bond acceptors (Lipinski definition) is 4. The maximum atomic E-state index is 13.2. The van der Waals surface area contributed by atoms with E-state index in [1.165, 1.54) is 15.7 Å². The molecule has 3 unspecified atom stereocenters. The molecule has 33 heavy (non-hydrogen) atoms. The van der Waals surface area contributed by atoms with Crippen LogP contribution < -0.4 is 21.3 Å². The van der Waals surface area contributed by atoms with Crippen LogP contribution in [0.5, 0.6) is 5.75 Å². The SMILES string of the molecule is COc1cccc2c1CCC1CNC(CCn3c(=O)[nH]c4c([nH]c5ccccc54)c3=O)C21.Cl. The Morgan fingerprint density at radius 1 is 1.06 bits per heavy atom. The highest BCUT2D eigenvalue weighted by atomic mass is 35.5. The summed E-state index contributed by atoms with van der Waals surface area (Å²) < 4.78 is 6.94. The first kappa shape index (κ1) is 21.8. The Bertz CT molecular complexity index is 1450. The summed E-state index contributed by atoms with van der Waals surface area (Å²) in [6, 6.07) is 14.2. The number of hydrogen-bond donors (Lipinski definition) is 3. The second kappa shape index (κ2) is 8.39. The minimum atomic E-state index is -0.354. The number of para-hydroxylation sites is 1. The summed E-state index contributed by atoms with van der Waals surface area (Å²) in [5.74, 6) is 1.91. The molecular formula is C25H27ClN4O3. The zero-order valence-corrected chi connectivity index (χ0v) is 19.2. The van der Waals surface area contributed by atoms with E-state index in [1.54, 1.807) is 7.11 Å². The largest absolute Gasteiger partial charge is 0.496 e. The number of fused-ring (bicyclic) bond motifs is 6. The van der Waals surface area contributed by atoms with Crippen molar-refractivity contribution in [3.05, 3.63) is 74.4 Å². The molecular weight excluding hydrogens is 440 g/mol. The highest BCUT2D eigenvalue weighted by molar-refractivity contribution is 6.04. The van der Waals surface area contributed by atoms with Gasteiger partial charge in [-0.3, -0.25) is 9.36 Å². The van der Waals surface area contributed by atoms with Gasteiger partial charge in [-0.1, -0.05) is 30.3 Å². The van der Waals surface area contributed by atoms with Crippen molar-refractivity contribution in [3.8, 4) is 5.75 Å². The zero-order valence-electron chi connectivity index (χ0n) is 18.4. The fourth-order valence-electron chi connectivity index (χ4n) is 5.91. The van der Waals surface area contributed by atoms with Crippen LogP contribution in [0.25, 0.3) is 21.9 Å². The lowest BCUT2D eigenvalue weighted by molar-refractivity contribution is 0.371. The fraction of sp³-hybridized carbons (Fsp3) is 0.360. The topological polar surface area (TPSA) is 91.9 Å². The monoisotopic (exact) mass is 466 g/mol. The van der Waals surface area contributed by atoms with Gasteiger partial charge in [0.15, 0.2) is 0 Å². The Kier molecular flexibility index (Phi) is 5.54. The lowest BCUT2D eigenvalue weighted by Gasteiger charge is -2.32. The fourth-order valence-corrected chi connectivity index (χ4v) is 5.91. The van der Waals surface area contributed by atoms with Crippen molar-refractivity contribution < 1.29 is 4.74 Å². The number of rotatable bonds is 4. The molecule has 172 valence electrons. The molecule has 2 aromatic heterocycles. The van der Waals surface area contributed by atoms with Crippen molar-refractivity contribution in [3.63, 3.8) is 0 Å². The van der Waals surface area contributed by atoms with E-state index in [0.717, 1.165) is 36.0 Å². The minimum absolute atomic E-state index is 0. The highest BCUT2D eigenvalue weighted by Gasteiger charge is 2.40. The molecule has 0 saturated carbocycles. The second-order valence-electron chi connectivity index (χ2n) is 8.96. The number of benzene rings is 2. The van der Waals surface area contributed by atoms with E-state index in [9.17, 15) is 9.59 Å². The number of nitrogens with one attached hydrogen (secondary N) is 3. The van der Waals surface area contributed by atoms with Crippen LogP contribution in [0.2, 0.25) is 0 Å². The molecule has 2 aromatic carbocycles. The van der Waals surface area contributed by atoms with Gasteiger partial charge in [-0.05, 0) is 55.0 Å². The third-order valence-electron chi connectivity index (χ3n) is 7.40. The van der Waals surface area contributed by atoms with E-state index in [1.807, 2.05) is 30.3 Å². The van der Waals surface area contributed by atoms with Gasteiger partial charge in [-0.15, -0.1) is 12.4 Å². The summed E-state index contributed by atoms with van der Waals surface area (Å²) in [7, 11) is 1.73. The van der Waals surface area contributed by atoms with Crippen LogP contribution in [0.4, 0.5) is 0 Å². The van der Waals surface area contributed by atoms with Crippen molar-refractivity contribution in [2.24, 2.45) is 5.92 Å². The van der Waals surface area contributed by atoms with Gasteiger partial charge < -0.3 is 20.0 Å². The van der Waals surface area contributed by atoms with Crippen LogP contribution >= 0.6 is 12.4 Å². The molecule has 1 saturated heterocycles. The molecule has 1 aliphatic carbocycles. The van der Waals surface area contributed by atoms with Crippen molar-refractivity contribution >= 4 is 34.3 Å². The predicted octanol–water partition coefficient (Wildman–Crippen LogP) is 3.31. The number of ether oxygens (including phenoxy) is 1. The minimum Gasteiger partial charge on any atom is -0.496 e. The summed E-state index contributed by atoms with van der Waals surface area (Å²) >= 11 is 0. The van der Waals surface area contributed by atoms with Crippen molar-refractivity contribution in [1.29, 1.82) is 0 Å². The molecule has 7 nitrogen and oxygen atoms in total. The highest BCUT2D eigenvalue weighted by Crippen LogP contribution is 2.45. The van der Waals surface area contributed by atoms with Gasteiger partial charge in [-0.25, -0.2) is 4.79 Å². The van der Waals surface area contributed by atoms with Gasteiger partial charge in [-0.2, -0.15) is 0 Å². The van der Waals surface area contributed by atoms with Crippen molar-refractivity contribution in [2.75, 3.05) is 13.7 Å². The number of methoxy groups -OCH3 is 1. The van der Waals surface area contributed by atoms with Crippen molar-refractivity contribution in [1.82, 2.24) is 19.9 Å². The number of nitrogens with zero attached hydrogens (tertiary/aromatic N) is 1. The molecule has 1 aliphatic heterocycles. The summed E-state index contributed by atoms with van der Waals surface area (Å²) in [6.07, 6.45) is 2.88. The first-order valence-corrected chi connectivity index (χ1v) is 11.3. The predicted molar refractivity (Wildman–Crippen MR) is 132 cm³/mol. The first-order chi connectivity index (χ1) is 15.7. The van der Waals surface area contributed by atoms with Gasteiger partial charge in [0.05, 0.1) is 12.6 Å². The average Bonchev–Trinajstić information content (AvgIpc) is 3.40. The number of H-pyrrole nitrogens is 2. The lowest BCUT2D eigenvalue weighted by atomic mass is 9.73. The van der Waals surface area contributed by atoms with E-state index < -0.39 is 0 Å². The molecule has 4 aromatic rings. The van der Waals surface area contributed by atoms with E-state index in [0.29, 0.717) is 35.8 Å². The third kappa shape index (κ3) is 3.38. The molecule has 0 amide bonds. The van der Waals surface area contributed by atoms with Crippen LogP contribution in [-0.4, -0.2) is 34.2 Å². The molecule has 0 spiro atoms. The molecule has 6 rings (SSSR count). The van der Waals surface area contributed by atoms with Crippen LogP contribution in [0, 0.1) is 5.92 Å². The van der Waals surface area contributed by atoms with Gasteiger partial charge in [0, 0.05) is 29.4 Å². The van der Waals surface area contributed by atoms with Gasteiger partial charge in [0.25, 0.3) is 5.56 Å². The molecule has 2 aliphatic rings. The number of aromatic amines is 2. The summed E-state index contributed by atoms with van der Waals surface area (Å²) in [5.41, 5.74) is 3.92. The molecule has 8 heteroatoms. The Hall–Kier alpha value is -3.03. The van der Waals surface area contributed by atoms with Crippen molar-refractivity contribution in [2.45, 2.75) is 37.8 Å². The maximum Gasteiger partial charge on any atom is 0.328 e. The molecule has 0 radical (unpaired) electrons. The average molecular weight is 467 g/mol. The van der Waals surface area contributed by atoms with Gasteiger partial charge in [0.1, 0.15) is 11.3 Å². The van der Waals surface area contributed by atoms with E-state index >= 15 is 0 Å². The second-order valence-corrected chi connectivity index (χ2v) is 8.96. The van der Waals surface area contributed by atoms with Crippen LogP contribution in [0.1, 0.15) is 29.9 Å². The number of halogens is 1. The molecule has 0 bridgehead atoms. The Balaban J connectivity index is 0.00000228.